The van der Waals surface area contributed by atoms with Crippen molar-refractivity contribution in [1.82, 2.24) is 9.80 Å². The molecule has 12 heteroatoms. The molecule has 0 bridgehead atoms. The van der Waals surface area contributed by atoms with Crippen molar-refractivity contribution in [3.05, 3.63) is 128 Å². The molecule has 10 heterocycles. The highest BCUT2D eigenvalue weighted by atomic mass is 32.1. The molecule has 3 unspecified atom stereocenters. The normalized spacial score (nSPS) is 14.5. The first-order valence-electron chi connectivity index (χ1n) is 45.3. The number of carbonyl (C=O) groups is 1. The van der Waals surface area contributed by atoms with E-state index in [9.17, 15) is 5.11 Å². The highest BCUT2D eigenvalue weighted by Crippen LogP contribution is 2.54. The minimum absolute atomic E-state index is 0.109. The number of aryl methyl sites for hydroxylation is 2. The van der Waals surface area contributed by atoms with Crippen LogP contribution >= 0.6 is 90.7 Å². The minimum atomic E-state index is -0.939. The summed E-state index contributed by atoms with van der Waals surface area (Å²) in [5.74, 6) is 0.894. The SMILES string of the molecule is CCCCCCCCCCCCC(CCCCCCCCCC)CN1C(=O)C2=C(c3ccc(-c4ccc(-c5ccc(-c6ccc(CCCCCC)s6)s5)s4)s3)N(CC(CCCCCCCCCC)CCCCCCCCCCCC)C(O)C2=C1c1ccc(-c2ccc(-c3ccc(-c4ccc(CCCCCC)s4)s3)s2)s1. The molecule has 0 spiro atoms. The molecule has 0 saturated carbocycles. The van der Waals surface area contributed by atoms with E-state index in [-0.39, 0.29) is 5.91 Å². The van der Waals surface area contributed by atoms with Gasteiger partial charge in [0, 0.05) is 86.9 Å². The van der Waals surface area contributed by atoms with Gasteiger partial charge in [0.15, 0.2) is 6.23 Å². The topological polar surface area (TPSA) is 43.8 Å². The van der Waals surface area contributed by atoms with Crippen molar-refractivity contribution >= 4 is 108 Å². The second kappa shape index (κ2) is 50.7. The van der Waals surface area contributed by atoms with Gasteiger partial charge >= 0.3 is 0 Å². The van der Waals surface area contributed by atoms with Gasteiger partial charge in [-0.05, 0) is 160 Å². The molecule has 2 aliphatic rings. The first-order chi connectivity index (χ1) is 54.2. The lowest BCUT2D eigenvalue weighted by atomic mass is 9.93. The van der Waals surface area contributed by atoms with Crippen molar-refractivity contribution in [2.75, 3.05) is 13.1 Å². The van der Waals surface area contributed by atoms with Gasteiger partial charge in [-0.25, -0.2) is 0 Å². The summed E-state index contributed by atoms with van der Waals surface area (Å²) >= 11 is 15.3. The molecule has 2 aliphatic heterocycles. The van der Waals surface area contributed by atoms with E-state index >= 15 is 4.79 Å². The molecule has 0 aliphatic carbocycles. The van der Waals surface area contributed by atoms with Crippen LogP contribution in [0.1, 0.15) is 369 Å². The molecular formula is C98H142N2O2S8. The zero-order valence-electron chi connectivity index (χ0n) is 69.3. The van der Waals surface area contributed by atoms with E-state index in [0.717, 1.165) is 64.5 Å². The number of thiophene rings is 8. The van der Waals surface area contributed by atoms with Crippen LogP contribution in [0.15, 0.2) is 108 Å². The van der Waals surface area contributed by atoms with Gasteiger partial charge in [0.1, 0.15) is 0 Å². The third-order valence-electron chi connectivity index (χ3n) is 23.5. The van der Waals surface area contributed by atoms with Crippen LogP contribution < -0.4 is 0 Å². The van der Waals surface area contributed by atoms with Gasteiger partial charge in [0.05, 0.1) is 26.7 Å². The van der Waals surface area contributed by atoms with Crippen LogP contribution in [0, 0.1) is 11.8 Å². The molecule has 0 aromatic carbocycles. The lowest BCUT2D eigenvalue weighted by Gasteiger charge is -2.33. The fraction of sp³-hybridized carbons (Fsp3) is 0.622. The summed E-state index contributed by atoms with van der Waals surface area (Å²) in [5, 5.41) is 13.9. The highest BCUT2D eigenvalue weighted by molar-refractivity contribution is 7.29. The Kier molecular flexibility index (Phi) is 40.9. The molecule has 0 saturated heterocycles. The lowest BCUT2D eigenvalue weighted by Crippen LogP contribution is -2.36. The number of aliphatic hydroxyl groups is 1. The molecule has 604 valence electrons. The van der Waals surface area contributed by atoms with E-state index in [1.54, 1.807) is 0 Å². The summed E-state index contributed by atoms with van der Waals surface area (Å²) in [6, 6.07) is 37.5. The van der Waals surface area contributed by atoms with Crippen molar-refractivity contribution in [3.63, 3.8) is 0 Å². The Hall–Kier alpha value is -3.69. The number of amides is 1. The predicted octanol–water partition coefficient (Wildman–Crippen LogP) is 34.9. The quantitative estimate of drug-likeness (QED) is 0.0386. The smallest absolute Gasteiger partial charge is 0.261 e. The van der Waals surface area contributed by atoms with Gasteiger partial charge in [-0.1, -0.05) is 311 Å². The second-order valence-electron chi connectivity index (χ2n) is 32.8. The van der Waals surface area contributed by atoms with Gasteiger partial charge < -0.3 is 14.9 Å². The Bertz CT molecular complexity index is 3880. The number of nitrogens with zero attached hydrogens (tertiary/aromatic N) is 2. The number of fused-ring (bicyclic) bond motifs is 1. The molecule has 0 radical (unpaired) electrons. The molecule has 10 rings (SSSR count). The van der Waals surface area contributed by atoms with Crippen LogP contribution in [0.2, 0.25) is 0 Å². The largest absolute Gasteiger partial charge is 0.369 e. The van der Waals surface area contributed by atoms with Crippen LogP contribution in [0.25, 0.3) is 69.9 Å². The highest BCUT2D eigenvalue weighted by Gasteiger charge is 2.50. The molecule has 8 aromatic heterocycles. The maximum Gasteiger partial charge on any atom is 0.261 e. The van der Waals surface area contributed by atoms with Crippen molar-refractivity contribution < 1.29 is 9.90 Å². The minimum Gasteiger partial charge on any atom is -0.369 e. The monoisotopic (exact) mass is 1630 g/mol. The third kappa shape index (κ3) is 27.7. The van der Waals surface area contributed by atoms with Crippen LogP contribution in [0.3, 0.4) is 0 Å². The standard InChI is InChI=1S/C98H142N2O2S8/c1-7-13-19-25-29-33-35-39-43-47-53-75(51-45-41-37-31-27-21-15-9-3)73-99-95(91-71-69-89(109-91)87-67-65-85(107-87)83-63-61-81(105-83)79-59-57-77(103-79)55-49-23-17-11-5)93-94(97(99)101)96(100(98(93)102)74-76(52-46-42-38-32-28-22-16-10-4)54-48-44-40-36-34-30-26-20-14-8-2)92-72-70-90(110-92)88-68-66-86(108-88)84-64-62-82(106-84)80-60-58-78(104-80)56-50-24-18-12-6/h57-72,75-76,97,101H,7-56,73-74H2,1-6H3. The van der Waals surface area contributed by atoms with Gasteiger partial charge in [0.2, 0.25) is 0 Å². The molecule has 4 nitrogen and oxygen atoms in total. The molecule has 0 fully saturated rings. The second-order valence-corrected chi connectivity index (χ2v) is 41.6. The zero-order chi connectivity index (χ0) is 76.8. The molecule has 8 aromatic rings. The number of carbonyl (C=O) groups excluding carboxylic acids is 1. The Balaban J connectivity index is 0.994. The van der Waals surface area contributed by atoms with Crippen LogP contribution in [0.5, 0.6) is 0 Å². The maximum atomic E-state index is 16.8. The Labute approximate surface area is 701 Å². The number of unbranched alkanes of at least 4 members (excludes halogenated alkanes) is 38. The van der Waals surface area contributed by atoms with Crippen molar-refractivity contribution in [2.45, 2.75) is 369 Å². The first-order valence-corrected chi connectivity index (χ1v) is 51.8. The molecule has 110 heavy (non-hydrogen) atoms. The summed E-state index contributed by atoms with van der Waals surface area (Å²) in [4.78, 5) is 42.3. The Morgan fingerprint density at radius 1 is 0.273 bits per heavy atom. The molecule has 1 amide bonds. The van der Waals surface area contributed by atoms with Gasteiger partial charge in [-0.15, -0.1) is 90.7 Å². The summed E-state index contributed by atoms with van der Waals surface area (Å²) < 4.78 is 0. The summed E-state index contributed by atoms with van der Waals surface area (Å²) in [7, 11) is 0. The van der Waals surface area contributed by atoms with Crippen molar-refractivity contribution in [1.29, 1.82) is 0 Å². The van der Waals surface area contributed by atoms with E-state index in [4.69, 9.17) is 0 Å². The van der Waals surface area contributed by atoms with E-state index in [1.165, 1.54) is 364 Å². The predicted molar refractivity (Wildman–Crippen MR) is 497 cm³/mol. The summed E-state index contributed by atoms with van der Waals surface area (Å²) in [6.45, 7) is 15.3. The number of hydrogen-bond donors (Lipinski definition) is 1. The average molecular weight is 1640 g/mol. The van der Waals surface area contributed by atoms with Crippen LogP contribution in [0.4, 0.5) is 0 Å². The van der Waals surface area contributed by atoms with Crippen LogP contribution in [-0.2, 0) is 17.6 Å². The van der Waals surface area contributed by atoms with E-state index < -0.39 is 6.23 Å². The molecule has 3 atom stereocenters. The summed E-state index contributed by atoms with van der Waals surface area (Å²) in [6.07, 6.45) is 63.9. The Morgan fingerprint density at radius 2 is 0.500 bits per heavy atom. The molecule has 1 N–H and O–H groups in total. The van der Waals surface area contributed by atoms with E-state index in [1.807, 2.05) is 90.7 Å². The maximum absolute atomic E-state index is 16.8. The number of rotatable bonds is 62. The lowest BCUT2D eigenvalue weighted by molar-refractivity contribution is -0.123. The first kappa shape index (κ1) is 88.7. The van der Waals surface area contributed by atoms with Gasteiger partial charge in [-0.2, -0.15) is 0 Å². The number of aliphatic hydroxyl groups excluding tert-OH is 1. The third-order valence-corrected chi connectivity index (χ3v) is 33.5. The average Bonchev–Trinajstić information content (AvgIpc) is 1.55. The van der Waals surface area contributed by atoms with Gasteiger partial charge in [0.25, 0.3) is 5.91 Å². The van der Waals surface area contributed by atoms with E-state index in [2.05, 4.69) is 148 Å². The van der Waals surface area contributed by atoms with Gasteiger partial charge in [-0.3, -0.25) is 4.79 Å². The van der Waals surface area contributed by atoms with Crippen molar-refractivity contribution in [2.24, 2.45) is 11.8 Å². The molecular weight excluding hydrogens is 1490 g/mol. The van der Waals surface area contributed by atoms with Crippen LogP contribution in [-0.4, -0.2) is 40.1 Å². The van der Waals surface area contributed by atoms with E-state index in [0.29, 0.717) is 18.4 Å². The van der Waals surface area contributed by atoms with Crippen molar-refractivity contribution in [3.8, 4) is 58.5 Å². The fourth-order valence-corrected chi connectivity index (χ4v) is 25.7. The summed E-state index contributed by atoms with van der Waals surface area (Å²) in [5.41, 5.74) is 3.59. The number of hydrogen-bond acceptors (Lipinski definition) is 11. The fourth-order valence-electron chi connectivity index (χ4n) is 16.9. The zero-order valence-corrected chi connectivity index (χ0v) is 75.8. The Morgan fingerprint density at radius 3 is 0.800 bits per heavy atom.